The van der Waals surface area contributed by atoms with E-state index in [1.807, 2.05) is 0 Å². The highest BCUT2D eigenvalue weighted by atomic mass is 79.9. The van der Waals surface area contributed by atoms with Gasteiger partial charge >= 0.3 is 0 Å². The molecule has 5 unspecified atom stereocenters. The Morgan fingerprint density at radius 2 is 1.79 bits per heavy atom. The van der Waals surface area contributed by atoms with Gasteiger partial charge in [-0.05, 0) is 55.3 Å². The fourth-order valence-electron chi connectivity index (χ4n) is 4.59. The summed E-state index contributed by atoms with van der Waals surface area (Å²) in [6.07, 6.45) is 9.15. The Hall–Kier alpha value is 0.480. The van der Waals surface area contributed by atoms with Crippen molar-refractivity contribution >= 4 is 15.9 Å². The summed E-state index contributed by atoms with van der Waals surface area (Å²) in [7, 11) is 0. The number of hydrogen-bond donors (Lipinski definition) is 0. The molecule has 0 radical (unpaired) electrons. The van der Waals surface area contributed by atoms with Gasteiger partial charge in [-0.1, -0.05) is 35.7 Å². The highest BCUT2D eigenvalue weighted by molar-refractivity contribution is 9.09. The zero-order valence-electron chi connectivity index (χ0n) is 9.08. The fourth-order valence-corrected chi connectivity index (χ4v) is 5.93. The minimum Gasteiger partial charge on any atom is -0.0884 e. The molecule has 0 nitrogen and oxygen atoms in total. The molecule has 0 aliphatic heterocycles. The molecule has 3 rings (SSSR count). The van der Waals surface area contributed by atoms with E-state index >= 15 is 0 Å². The zero-order valence-corrected chi connectivity index (χ0v) is 10.7. The van der Waals surface area contributed by atoms with E-state index in [2.05, 4.69) is 22.9 Å². The smallest absolute Gasteiger partial charge is 0.0207 e. The van der Waals surface area contributed by atoms with Gasteiger partial charge in [-0.3, -0.25) is 0 Å². The first-order valence-corrected chi connectivity index (χ1v) is 7.31. The number of hydrogen-bond acceptors (Lipinski definition) is 0. The third-order valence-corrected chi connectivity index (χ3v) is 6.48. The minimum absolute atomic E-state index is 0.874. The molecule has 6 atom stereocenters. The highest BCUT2D eigenvalue weighted by Crippen LogP contribution is 2.55. The van der Waals surface area contributed by atoms with Crippen molar-refractivity contribution in [2.45, 2.75) is 50.3 Å². The van der Waals surface area contributed by atoms with Crippen LogP contribution in [0.4, 0.5) is 0 Å². The predicted octanol–water partition coefficient (Wildman–Crippen LogP) is 4.23. The van der Waals surface area contributed by atoms with Crippen LogP contribution < -0.4 is 0 Å². The molecular formula is C13H21Br. The maximum absolute atomic E-state index is 4.03. The van der Waals surface area contributed by atoms with Gasteiger partial charge in [0.15, 0.2) is 0 Å². The number of halogens is 1. The van der Waals surface area contributed by atoms with E-state index in [0.29, 0.717) is 0 Å². The van der Waals surface area contributed by atoms with Gasteiger partial charge in [-0.15, -0.1) is 0 Å². The molecule has 14 heavy (non-hydrogen) atoms. The number of fused-ring (bicyclic) bond motifs is 2. The van der Waals surface area contributed by atoms with Gasteiger partial charge in [-0.2, -0.15) is 0 Å². The second kappa shape index (κ2) is 3.50. The van der Waals surface area contributed by atoms with Crippen LogP contribution in [0.2, 0.25) is 0 Å². The molecule has 0 heterocycles. The van der Waals surface area contributed by atoms with E-state index < -0.39 is 0 Å². The molecule has 3 fully saturated rings. The summed E-state index contributed by atoms with van der Waals surface area (Å²) >= 11 is 4.03. The molecule has 0 aromatic heterocycles. The topological polar surface area (TPSA) is 0 Å². The molecule has 3 saturated carbocycles. The second-order valence-electron chi connectivity index (χ2n) is 6.04. The predicted molar refractivity (Wildman–Crippen MR) is 63.5 cm³/mol. The summed E-state index contributed by atoms with van der Waals surface area (Å²) in [5.41, 5.74) is 0. The van der Waals surface area contributed by atoms with Crippen molar-refractivity contribution in [3.63, 3.8) is 0 Å². The van der Waals surface area contributed by atoms with Crippen LogP contribution in [0.15, 0.2) is 0 Å². The molecule has 1 heteroatoms. The molecule has 0 bridgehead atoms. The van der Waals surface area contributed by atoms with Gasteiger partial charge in [0, 0.05) is 4.83 Å². The standard InChI is InChI=1S/C13H21Br/c1-8-5-10-7-9-3-2-4-11(9)13(14)12(10)6-8/h8-13H,2-7H2,1H3/t8?,9-,10?,11?,12?,13?/m0/s1. The van der Waals surface area contributed by atoms with Crippen LogP contribution >= 0.6 is 15.9 Å². The summed E-state index contributed by atoms with van der Waals surface area (Å²) in [5.74, 6) is 5.24. The van der Waals surface area contributed by atoms with Crippen LogP contribution in [-0.2, 0) is 0 Å². The van der Waals surface area contributed by atoms with E-state index in [4.69, 9.17) is 0 Å². The van der Waals surface area contributed by atoms with Crippen LogP contribution in [0, 0.1) is 29.6 Å². The molecule has 80 valence electrons. The Kier molecular flexibility index (Phi) is 2.42. The fraction of sp³-hybridized carbons (Fsp3) is 1.00. The summed E-state index contributed by atoms with van der Waals surface area (Å²) in [6.45, 7) is 2.45. The lowest BCUT2D eigenvalue weighted by atomic mass is 9.71. The van der Waals surface area contributed by atoms with Crippen molar-refractivity contribution in [2.75, 3.05) is 0 Å². The first kappa shape index (κ1) is 9.69. The second-order valence-corrected chi connectivity index (χ2v) is 7.09. The first-order chi connectivity index (χ1) is 6.75. The third kappa shape index (κ3) is 1.38. The molecular weight excluding hydrogens is 236 g/mol. The monoisotopic (exact) mass is 256 g/mol. The van der Waals surface area contributed by atoms with Gasteiger partial charge in [0.05, 0.1) is 0 Å². The Labute approximate surface area is 96.0 Å². The largest absolute Gasteiger partial charge is 0.0884 e. The van der Waals surface area contributed by atoms with Crippen LogP contribution in [0.3, 0.4) is 0 Å². The Bertz CT molecular complexity index is 225. The Morgan fingerprint density at radius 3 is 2.64 bits per heavy atom. The van der Waals surface area contributed by atoms with Crippen LogP contribution in [0.25, 0.3) is 0 Å². The van der Waals surface area contributed by atoms with Crippen molar-refractivity contribution in [3.05, 3.63) is 0 Å². The lowest BCUT2D eigenvalue weighted by Gasteiger charge is -2.39. The molecule has 0 spiro atoms. The van der Waals surface area contributed by atoms with Crippen LogP contribution in [-0.4, -0.2) is 4.83 Å². The highest BCUT2D eigenvalue weighted by Gasteiger charge is 2.48. The average molecular weight is 257 g/mol. The minimum atomic E-state index is 0.874. The van der Waals surface area contributed by atoms with E-state index in [-0.39, 0.29) is 0 Å². The Morgan fingerprint density at radius 1 is 0.929 bits per heavy atom. The van der Waals surface area contributed by atoms with Crippen LogP contribution in [0.5, 0.6) is 0 Å². The molecule has 0 aromatic carbocycles. The molecule has 0 amide bonds. The number of rotatable bonds is 0. The summed E-state index contributed by atoms with van der Waals surface area (Å²) in [6, 6.07) is 0. The Balaban J connectivity index is 1.80. The quantitative estimate of drug-likeness (QED) is 0.569. The van der Waals surface area contributed by atoms with E-state index in [1.165, 1.54) is 32.1 Å². The number of alkyl halides is 1. The summed E-state index contributed by atoms with van der Waals surface area (Å²) < 4.78 is 0. The van der Waals surface area contributed by atoms with Gasteiger partial charge in [0.2, 0.25) is 0 Å². The van der Waals surface area contributed by atoms with Gasteiger partial charge in [-0.25, -0.2) is 0 Å². The van der Waals surface area contributed by atoms with Crippen molar-refractivity contribution < 1.29 is 0 Å². The normalized spacial score (nSPS) is 57.0. The SMILES string of the molecule is CC1CC2C[C@@H]3CCCC3C(Br)C2C1. The van der Waals surface area contributed by atoms with Gasteiger partial charge < -0.3 is 0 Å². The first-order valence-electron chi connectivity index (χ1n) is 6.39. The zero-order chi connectivity index (χ0) is 9.71. The van der Waals surface area contributed by atoms with Crippen LogP contribution in [0.1, 0.15) is 45.4 Å². The maximum Gasteiger partial charge on any atom is 0.0207 e. The summed E-state index contributed by atoms with van der Waals surface area (Å²) in [4.78, 5) is 0.874. The maximum atomic E-state index is 4.03. The van der Waals surface area contributed by atoms with Crippen molar-refractivity contribution in [1.29, 1.82) is 0 Å². The average Bonchev–Trinajstić information content (AvgIpc) is 2.71. The van der Waals surface area contributed by atoms with Crippen molar-refractivity contribution in [1.82, 2.24) is 0 Å². The van der Waals surface area contributed by atoms with E-state index in [1.54, 1.807) is 6.42 Å². The van der Waals surface area contributed by atoms with Crippen molar-refractivity contribution in [2.24, 2.45) is 29.6 Å². The lowest BCUT2D eigenvalue weighted by Crippen LogP contribution is -2.35. The molecule has 0 saturated heterocycles. The lowest BCUT2D eigenvalue weighted by molar-refractivity contribution is 0.169. The summed E-state index contributed by atoms with van der Waals surface area (Å²) in [5, 5.41) is 0. The van der Waals surface area contributed by atoms with Crippen molar-refractivity contribution in [3.8, 4) is 0 Å². The third-order valence-electron chi connectivity index (χ3n) is 5.13. The van der Waals surface area contributed by atoms with Gasteiger partial charge in [0.1, 0.15) is 0 Å². The molecule has 3 aliphatic rings. The van der Waals surface area contributed by atoms with E-state index in [0.717, 1.165) is 34.4 Å². The molecule has 3 aliphatic carbocycles. The molecule has 0 N–H and O–H groups in total. The van der Waals surface area contributed by atoms with E-state index in [9.17, 15) is 0 Å². The molecule has 0 aromatic rings. The van der Waals surface area contributed by atoms with Gasteiger partial charge in [0.25, 0.3) is 0 Å².